The molecule has 2 heteroatoms. The lowest BCUT2D eigenvalue weighted by Crippen LogP contribution is -2.52. The van der Waals surface area contributed by atoms with E-state index in [0.717, 1.165) is 12.8 Å². The average Bonchev–Trinajstić information content (AvgIpc) is 2.15. The molecule has 1 unspecified atom stereocenters. The number of likely N-dealkylation sites (N-methyl/N-ethyl adjacent to an activating group) is 1. The molecule has 2 nitrogen and oxygen atoms in total. The van der Waals surface area contributed by atoms with Crippen LogP contribution in [0.3, 0.4) is 0 Å². The molecule has 0 bridgehead atoms. The van der Waals surface area contributed by atoms with Gasteiger partial charge < -0.3 is 10.0 Å². The Labute approximate surface area is 100 Å². The number of rotatable bonds is 2. The molecule has 0 amide bonds. The molecule has 3 atom stereocenters. The van der Waals surface area contributed by atoms with Crippen molar-refractivity contribution in [3.05, 3.63) is 11.1 Å². The monoisotopic (exact) mass is 225 g/mol. The van der Waals surface area contributed by atoms with Crippen molar-refractivity contribution in [2.75, 3.05) is 14.1 Å². The van der Waals surface area contributed by atoms with Crippen molar-refractivity contribution in [2.45, 2.75) is 58.6 Å². The van der Waals surface area contributed by atoms with Crippen LogP contribution in [0.1, 0.15) is 47.0 Å². The van der Waals surface area contributed by atoms with Gasteiger partial charge in [0.05, 0.1) is 0 Å². The molecule has 1 aliphatic rings. The lowest BCUT2D eigenvalue weighted by atomic mass is 9.70. The van der Waals surface area contributed by atoms with E-state index >= 15 is 0 Å². The summed E-state index contributed by atoms with van der Waals surface area (Å²) in [6.07, 6.45) is 3.16. The number of hydrogen-bond acceptors (Lipinski definition) is 2. The molecule has 1 aliphatic carbocycles. The number of hydrogen-bond donors (Lipinski definition) is 1. The highest BCUT2D eigenvalue weighted by molar-refractivity contribution is 5.26. The normalized spacial score (nSPS) is 33.0. The Balaban J connectivity index is 3.07. The first-order valence-corrected chi connectivity index (χ1v) is 6.34. The first kappa shape index (κ1) is 13.7. The van der Waals surface area contributed by atoms with Crippen LogP contribution in [0.5, 0.6) is 0 Å². The van der Waals surface area contributed by atoms with Gasteiger partial charge in [-0.15, -0.1) is 0 Å². The third-order valence-electron chi connectivity index (χ3n) is 4.14. The zero-order valence-electron chi connectivity index (χ0n) is 11.7. The molecular formula is C14H27NO. The van der Waals surface area contributed by atoms with Crippen molar-refractivity contribution in [1.82, 2.24) is 4.90 Å². The van der Waals surface area contributed by atoms with Crippen molar-refractivity contribution in [1.29, 1.82) is 0 Å². The minimum Gasteiger partial charge on any atom is -0.384 e. The topological polar surface area (TPSA) is 23.5 Å². The van der Waals surface area contributed by atoms with E-state index in [-0.39, 0.29) is 6.04 Å². The van der Waals surface area contributed by atoms with Crippen molar-refractivity contribution in [3.63, 3.8) is 0 Å². The van der Waals surface area contributed by atoms with Crippen LogP contribution >= 0.6 is 0 Å². The van der Waals surface area contributed by atoms with Crippen LogP contribution in [0.25, 0.3) is 0 Å². The first-order chi connectivity index (χ1) is 7.29. The first-order valence-electron chi connectivity index (χ1n) is 6.34. The summed E-state index contributed by atoms with van der Waals surface area (Å²) in [5.74, 6) is 0.621. The lowest BCUT2D eigenvalue weighted by molar-refractivity contribution is -0.0274. The van der Waals surface area contributed by atoms with Gasteiger partial charge in [0.1, 0.15) is 5.60 Å². The van der Waals surface area contributed by atoms with Gasteiger partial charge in [-0.3, -0.25) is 0 Å². The van der Waals surface area contributed by atoms with Crippen LogP contribution in [0, 0.1) is 5.92 Å². The van der Waals surface area contributed by atoms with E-state index in [2.05, 4.69) is 32.6 Å². The summed E-state index contributed by atoms with van der Waals surface area (Å²) in [6.45, 7) is 8.62. The molecule has 94 valence electrons. The second kappa shape index (κ2) is 4.89. The van der Waals surface area contributed by atoms with Crippen molar-refractivity contribution < 1.29 is 5.11 Å². The van der Waals surface area contributed by atoms with Gasteiger partial charge in [0.2, 0.25) is 0 Å². The van der Waals surface area contributed by atoms with Gasteiger partial charge in [-0.1, -0.05) is 12.5 Å². The predicted molar refractivity (Wildman–Crippen MR) is 69.5 cm³/mol. The number of nitrogens with zero attached hydrogens (tertiary/aromatic N) is 1. The molecule has 0 aromatic heterocycles. The Hall–Kier alpha value is -0.340. The zero-order chi connectivity index (χ0) is 12.5. The maximum atomic E-state index is 11.0. The van der Waals surface area contributed by atoms with E-state index in [1.165, 1.54) is 17.6 Å². The molecule has 1 fully saturated rings. The second-order valence-corrected chi connectivity index (χ2v) is 5.89. The molecule has 0 heterocycles. The highest BCUT2D eigenvalue weighted by Gasteiger charge is 2.42. The van der Waals surface area contributed by atoms with Crippen LogP contribution < -0.4 is 0 Å². The van der Waals surface area contributed by atoms with E-state index < -0.39 is 5.60 Å². The van der Waals surface area contributed by atoms with Crippen LogP contribution in [0.4, 0.5) is 0 Å². The average molecular weight is 225 g/mol. The van der Waals surface area contributed by atoms with E-state index in [0.29, 0.717) is 5.92 Å². The fraction of sp³-hybridized carbons (Fsp3) is 0.857. The van der Waals surface area contributed by atoms with Gasteiger partial charge in [-0.25, -0.2) is 0 Å². The molecule has 0 spiro atoms. The molecule has 1 N–H and O–H groups in total. The van der Waals surface area contributed by atoms with Crippen LogP contribution in [0.15, 0.2) is 11.1 Å². The van der Waals surface area contributed by atoms with E-state index in [1.807, 2.05) is 14.1 Å². The van der Waals surface area contributed by atoms with Crippen molar-refractivity contribution >= 4 is 0 Å². The highest BCUT2D eigenvalue weighted by Crippen LogP contribution is 2.41. The zero-order valence-corrected chi connectivity index (χ0v) is 11.7. The van der Waals surface area contributed by atoms with E-state index in [1.54, 1.807) is 0 Å². The molecule has 0 aromatic carbocycles. The molecule has 1 saturated carbocycles. The van der Waals surface area contributed by atoms with Crippen LogP contribution in [-0.4, -0.2) is 35.7 Å². The van der Waals surface area contributed by atoms with E-state index in [9.17, 15) is 5.11 Å². The minimum absolute atomic E-state index is 0.181. The predicted octanol–water partition coefficient (Wildman–Crippen LogP) is 2.82. The lowest BCUT2D eigenvalue weighted by Gasteiger charge is -2.45. The third-order valence-corrected chi connectivity index (χ3v) is 4.14. The molecule has 1 rings (SSSR count). The maximum Gasteiger partial charge on any atom is 0.101 e. The Morgan fingerprint density at radius 2 is 2.00 bits per heavy atom. The van der Waals surface area contributed by atoms with Gasteiger partial charge in [0.25, 0.3) is 0 Å². The molecule has 0 radical (unpaired) electrons. The molecule has 0 aliphatic heterocycles. The Bertz CT molecular complexity index is 278. The molecule has 0 saturated heterocycles. The van der Waals surface area contributed by atoms with Gasteiger partial charge in [-0.2, -0.15) is 0 Å². The molecule has 0 aromatic rings. The minimum atomic E-state index is -0.625. The van der Waals surface area contributed by atoms with Gasteiger partial charge in [0, 0.05) is 6.04 Å². The summed E-state index contributed by atoms with van der Waals surface area (Å²) in [5, 5.41) is 11.0. The Morgan fingerprint density at radius 1 is 1.44 bits per heavy atom. The standard InChI is InChI=1S/C14H27NO/c1-10(2)13-8-7-11(3)9-14(13,16)12(4)15(5)6/h11-12,16H,7-9H2,1-6H3/t11-,12?,14+/m1/s1. The smallest absolute Gasteiger partial charge is 0.101 e. The number of aliphatic hydroxyl groups is 1. The fourth-order valence-electron chi connectivity index (χ4n) is 2.90. The summed E-state index contributed by atoms with van der Waals surface area (Å²) in [4.78, 5) is 2.13. The van der Waals surface area contributed by atoms with Gasteiger partial charge in [-0.05, 0) is 65.6 Å². The summed E-state index contributed by atoms with van der Waals surface area (Å²) in [5.41, 5.74) is 1.94. The summed E-state index contributed by atoms with van der Waals surface area (Å²) in [6, 6.07) is 0.181. The summed E-state index contributed by atoms with van der Waals surface area (Å²) in [7, 11) is 4.09. The molecular weight excluding hydrogens is 198 g/mol. The highest BCUT2D eigenvalue weighted by atomic mass is 16.3. The molecule has 16 heavy (non-hydrogen) atoms. The summed E-state index contributed by atoms with van der Waals surface area (Å²) < 4.78 is 0. The van der Waals surface area contributed by atoms with Crippen molar-refractivity contribution in [3.8, 4) is 0 Å². The van der Waals surface area contributed by atoms with E-state index in [4.69, 9.17) is 0 Å². The van der Waals surface area contributed by atoms with Crippen LogP contribution in [0.2, 0.25) is 0 Å². The van der Waals surface area contributed by atoms with Crippen molar-refractivity contribution in [2.24, 2.45) is 5.92 Å². The fourth-order valence-corrected chi connectivity index (χ4v) is 2.90. The van der Waals surface area contributed by atoms with Crippen LogP contribution in [-0.2, 0) is 0 Å². The number of allylic oxidation sites excluding steroid dienone is 1. The SMILES string of the molecule is CC(C)=C1CC[C@@H](C)C[C@]1(O)C(C)N(C)C. The quantitative estimate of drug-likeness (QED) is 0.731. The van der Waals surface area contributed by atoms with Gasteiger partial charge >= 0.3 is 0 Å². The maximum absolute atomic E-state index is 11.0. The Kier molecular flexibility index (Phi) is 4.19. The summed E-state index contributed by atoms with van der Waals surface area (Å²) >= 11 is 0. The van der Waals surface area contributed by atoms with Gasteiger partial charge in [0.15, 0.2) is 0 Å². The Morgan fingerprint density at radius 3 is 2.44 bits per heavy atom. The largest absolute Gasteiger partial charge is 0.384 e. The third kappa shape index (κ3) is 2.49. The second-order valence-electron chi connectivity index (χ2n) is 5.89.